The van der Waals surface area contributed by atoms with Gasteiger partial charge in [0.15, 0.2) is 0 Å². The molecule has 0 aromatic heterocycles. The minimum atomic E-state index is -0.0567. The fourth-order valence-electron chi connectivity index (χ4n) is 2.15. The Kier molecular flexibility index (Phi) is 5.42. The van der Waals surface area contributed by atoms with Gasteiger partial charge < -0.3 is 10.4 Å². The summed E-state index contributed by atoms with van der Waals surface area (Å²) in [5.74, 6) is 0.256. The first-order valence-corrected chi connectivity index (χ1v) is 8.17. The van der Waals surface area contributed by atoms with E-state index < -0.39 is 0 Å². The van der Waals surface area contributed by atoms with E-state index in [2.05, 4.69) is 21.2 Å². The topological polar surface area (TPSA) is 32.3 Å². The minimum absolute atomic E-state index is 0.0567. The number of phenolic OH excluding ortho intramolecular Hbond substituents is 1. The van der Waals surface area contributed by atoms with Gasteiger partial charge in [-0.3, -0.25) is 0 Å². The number of hydrogen-bond acceptors (Lipinski definition) is 2. The van der Waals surface area contributed by atoms with Gasteiger partial charge in [0.05, 0.1) is 16.8 Å². The molecule has 0 fully saturated rings. The van der Waals surface area contributed by atoms with E-state index in [-0.39, 0.29) is 11.8 Å². The van der Waals surface area contributed by atoms with Gasteiger partial charge in [-0.25, -0.2) is 0 Å². The minimum Gasteiger partial charge on any atom is -0.508 e. The lowest BCUT2D eigenvalue weighted by atomic mass is 10.0. The third kappa shape index (κ3) is 3.85. The Morgan fingerprint density at radius 3 is 2.57 bits per heavy atom. The molecule has 2 aromatic carbocycles. The molecule has 0 saturated carbocycles. The van der Waals surface area contributed by atoms with Crippen molar-refractivity contribution in [3.05, 3.63) is 56.0 Å². The first-order valence-electron chi connectivity index (χ1n) is 6.63. The molecule has 1 atom stereocenters. The molecule has 112 valence electrons. The first kappa shape index (κ1) is 16.5. The van der Waals surface area contributed by atoms with Crippen molar-refractivity contribution < 1.29 is 5.11 Å². The summed E-state index contributed by atoms with van der Waals surface area (Å²) in [4.78, 5) is 0. The molecule has 0 aliphatic heterocycles. The molecule has 2 rings (SSSR count). The molecule has 1 unspecified atom stereocenters. The van der Waals surface area contributed by atoms with E-state index >= 15 is 0 Å². The summed E-state index contributed by atoms with van der Waals surface area (Å²) in [5, 5.41) is 14.7. The van der Waals surface area contributed by atoms with Gasteiger partial charge in [-0.2, -0.15) is 0 Å². The van der Waals surface area contributed by atoms with Crippen molar-refractivity contribution in [2.45, 2.75) is 26.3 Å². The maximum absolute atomic E-state index is 10.1. The Balaban J connectivity index is 2.35. The molecule has 2 aromatic rings. The average Bonchev–Trinajstić information content (AvgIpc) is 2.44. The van der Waals surface area contributed by atoms with E-state index in [1.807, 2.05) is 32.0 Å². The van der Waals surface area contributed by atoms with E-state index in [9.17, 15) is 5.11 Å². The van der Waals surface area contributed by atoms with Crippen molar-refractivity contribution in [1.82, 2.24) is 0 Å². The lowest BCUT2D eigenvalue weighted by molar-refractivity contribution is 0.462. The van der Waals surface area contributed by atoms with Gasteiger partial charge in [-0.05, 0) is 49.2 Å². The van der Waals surface area contributed by atoms with Crippen LogP contribution < -0.4 is 5.32 Å². The van der Waals surface area contributed by atoms with Crippen LogP contribution in [0.4, 0.5) is 5.69 Å². The number of anilines is 1. The highest BCUT2D eigenvalue weighted by Crippen LogP contribution is 2.35. The predicted octanol–water partition coefficient (Wildman–Crippen LogP) is 6.33. The zero-order chi connectivity index (χ0) is 15.6. The molecule has 0 bridgehead atoms. The highest BCUT2D eigenvalue weighted by atomic mass is 79.9. The van der Waals surface area contributed by atoms with E-state index in [4.69, 9.17) is 23.2 Å². The predicted molar refractivity (Wildman–Crippen MR) is 93.7 cm³/mol. The molecule has 0 aliphatic carbocycles. The lowest BCUT2D eigenvalue weighted by Crippen LogP contribution is -2.10. The summed E-state index contributed by atoms with van der Waals surface area (Å²) in [7, 11) is 0. The maximum atomic E-state index is 10.1. The fourth-order valence-corrected chi connectivity index (χ4v) is 2.96. The molecule has 2 N–H and O–H groups in total. The Morgan fingerprint density at radius 1 is 1.19 bits per heavy atom. The molecule has 0 saturated heterocycles. The zero-order valence-corrected chi connectivity index (χ0v) is 14.9. The van der Waals surface area contributed by atoms with Crippen LogP contribution >= 0.6 is 39.1 Å². The van der Waals surface area contributed by atoms with Gasteiger partial charge in [0.2, 0.25) is 0 Å². The van der Waals surface area contributed by atoms with Gasteiger partial charge in [0, 0.05) is 15.1 Å². The van der Waals surface area contributed by atoms with Gasteiger partial charge in [0.1, 0.15) is 5.75 Å². The largest absolute Gasteiger partial charge is 0.508 e. The second-order valence-electron chi connectivity index (χ2n) is 4.89. The molecular formula is C16H16BrCl2NO. The summed E-state index contributed by atoms with van der Waals surface area (Å²) in [6.45, 7) is 3.96. The number of rotatable bonds is 4. The molecular weight excluding hydrogens is 373 g/mol. The van der Waals surface area contributed by atoms with Gasteiger partial charge >= 0.3 is 0 Å². The van der Waals surface area contributed by atoms with Crippen molar-refractivity contribution >= 4 is 44.8 Å². The van der Waals surface area contributed by atoms with Gasteiger partial charge in [-0.15, -0.1) is 0 Å². The summed E-state index contributed by atoms with van der Waals surface area (Å²) in [6, 6.07) is 8.98. The molecule has 0 radical (unpaired) electrons. The summed E-state index contributed by atoms with van der Waals surface area (Å²) >= 11 is 15.9. The molecule has 0 spiro atoms. The quantitative estimate of drug-likeness (QED) is 0.640. The highest BCUT2D eigenvalue weighted by Gasteiger charge is 2.16. The summed E-state index contributed by atoms with van der Waals surface area (Å²) in [5.41, 5.74) is 2.52. The van der Waals surface area contributed by atoms with Gasteiger partial charge in [-0.1, -0.05) is 46.1 Å². The molecule has 0 heterocycles. The molecule has 0 aliphatic rings. The van der Waals surface area contributed by atoms with E-state index in [0.29, 0.717) is 10.0 Å². The Hall–Kier alpha value is -0.900. The van der Waals surface area contributed by atoms with Crippen LogP contribution in [0, 0.1) is 6.92 Å². The molecule has 0 amide bonds. The van der Waals surface area contributed by atoms with Crippen LogP contribution in [0.15, 0.2) is 34.8 Å². The van der Waals surface area contributed by atoms with Gasteiger partial charge in [0.25, 0.3) is 0 Å². The molecule has 5 heteroatoms. The SMILES string of the molecule is CCC(Nc1cc(Cl)c(C)cc1Cl)c1cc(Br)ccc1O. The normalized spacial score (nSPS) is 12.2. The maximum Gasteiger partial charge on any atom is 0.120 e. The van der Waals surface area contributed by atoms with Crippen LogP contribution in [-0.4, -0.2) is 5.11 Å². The number of aromatic hydroxyl groups is 1. The monoisotopic (exact) mass is 387 g/mol. The third-order valence-corrected chi connectivity index (χ3v) is 4.56. The molecule has 21 heavy (non-hydrogen) atoms. The van der Waals surface area contributed by atoms with Crippen LogP contribution in [0.5, 0.6) is 5.75 Å². The number of aryl methyl sites for hydroxylation is 1. The Bertz CT molecular complexity index is 661. The number of nitrogens with one attached hydrogen (secondary N) is 1. The molecule has 2 nitrogen and oxygen atoms in total. The van der Waals surface area contributed by atoms with Crippen molar-refractivity contribution in [1.29, 1.82) is 0 Å². The van der Waals surface area contributed by atoms with Crippen LogP contribution in [0.25, 0.3) is 0 Å². The van der Waals surface area contributed by atoms with E-state index in [1.54, 1.807) is 12.1 Å². The Morgan fingerprint density at radius 2 is 1.90 bits per heavy atom. The second-order valence-corrected chi connectivity index (χ2v) is 6.62. The number of halogens is 3. The van der Waals surface area contributed by atoms with E-state index in [1.165, 1.54) is 0 Å². The number of hydrogen-bond donors (Lipinski definition) is 2. The van der Waals surface area contributed by atoms with Crippen LogP contribution in [0.2, 0.25) is 10.0 Å². The van der Waals surface area contributed by atoms with Crippen molar-refractivity contribution in [3.8, 4) is 5.75 Å². The van der Waals surface area contributed by atoms with Crippen molar-refractivity contribution in [2.75, 3.05) is 5.32 Å². The standard InChI is InChI=1S/C16H16BrCl2NO/c1-3-14(11-7-10(17)4-5-16(11)21)20-15-8-12(18)9(2)6-13(15)19/h4-8,14,20-21H,3H2,1-2H3. The number of phenols is 1. The lowest BCUT2D eigenvalue weighted by Gasteiger charge is -2.21. The van der Waals surface area contributed by atoms with Crippen LogP contribution in [0.1, 0.15) is 30.5 Å². The third-order valence-electron chi connectivity index (χ3n) is 3.35. The highest BCUT2D eigenvalue weighted by molar-refractivity contribution is 9.10. The summed E-state index contributed by atoms with van der Waals surface area (Å²) in [6.07, 6.45) is 0.797. The second kappa shape index (κ2) is 6.91. The number of benzene rings is 2. The van der Waals surface area contributed by atoms with E-state index in [0.717, 1.165) is 27.7 Å². The van der Waals surface area contributed by atoms with Crippen molar-refractivity contribution in [2.24, 2.45) is 0 Å². The summed E-state index contributed by atoms with van der Waals surface area (Å²) < 4.78 is 0.920. The first-order chi connectivity index (χ1) is 9.92. The smallest absolute Gasteiger partial charge is 0.120 e. The van der Waals surface area contributed by atoms with Crippen LogP contribution in [-0.2, 0) is 0 Å². The Labute approximate surface area is 143 Å². The fraction of sp³-hybridized carbons (Fsp3) is 0.250. The van der Waals surface area contributed by atoms with Crippen LogP contribution in [0.3, 0.4) is 0 Å². The van der Waals surface area contributed by atoms with Crippen molar-refractivity contribution in [3.63, 3.8) is 0 Å². The average molecular weight is 389 g/mol. The zero-order valence-electron chi connectivity index (χ0n) is 11.8.